The summed E-state index contributed by atoms with van der Waals surface area (Å²) in [5.74, 6) is 1.17. The van der Waals surface area contributed by atoms with Gasteiger partial charge in [0.05, 0.1) is 11.9 Å². The predicted octanol–water partition coefficient (Wildman–Crippen LogP) is 3.27. The normalized spacial score (nSPS) is 11.0. The smallest absolute Gasteiger partial charge is 0.0527 e. The summed E-state index contributed by atoms with van der Waals surface area (Å²) >= 11 is 0. The van der Waals surface area contributed by atoms with E-state index in [1.54, 1.807) is 0 Å². The Morgan fingerprint density at radius 1 is 1.21 bits per heavy atom. The van der Waals surface area contributed by atoms with Gasteiger partial charge in [0.1, 0.15) is 0 Å². The van der Waals surface area contributed by atoms with E-state index in [2.05, 4.69) is 50.1 Å². The second-order valence-electron chi connectivity index (χ2n) is 4.40. The number of hydrogen-bond donors (Lipinski definition) is 1. The van der Waals surface area contributed by atoms with Crippen LogP contribution in [0.4, 0.5) is 5.69 Å². The molecular formula is C12H20N2. The lowest BCUT2D eigenvalue weighted by molar-refractivity contribution is 0.688. The van der Waals surface area contributed by atoms with Crippen molar-refractivity contribution >= 4 is 5.69 Å². The lowest BCUT2D eigenvalue weighted by atomic mass is 10.1. The van der Waals surface area contributed by atoms with Gasteiger partial charge in [0.2, 0.25) is 0 Å². The molecule has 1 rings (SSSR count). The van der Waals surface area contributed by atoms with Gasteiger partial charge in [-0.05, 0) is 24.0 Å². The Hall–Kier alpha value is -1.05. The van der Waals surface area contributed by atoms with E-state index in [0.717, 1.165) is 17.9 Å². The Morgan fingerprint density at radius 3 is 2.36 bits per heavy atom. The molecule has 0 spiro atoms. The number of aromatic nitrogens is 1. The first kappa shape index (κ1) is 11.0. The second-order valence-corrected chi connectivity index (χ2v) is 4.40. The van der Waals surface area contributed by atoms with Crippen LogP contribution in [0.15, 0.2) is 18.3 Å². The van der Waals surface area contributed by atoms with Crippen molar-refractivity contribution < 1.29 is 0 Å². The van der Waals surface area contributed by atoms with Gasteiger partial charge < -0.3 is 5.32 Å². The molecule has 0 radical (unpaired) electrons. The van der Waals surface area contributed by atoms with Gasteiger partial charge in [-0.2, -0.15) is 0 Å². The van der Waals surface area contributed by atoms with E-state index in [-0.39, 0.29) is 0 Å². The summed E-state index contributed by atoms with van der Waals surface area (Å²) in [6, 6.07) is 4.19. The summed E-state index contributed by atoms with van der Waals surface area (Å²) in [5.41, 5.74) is 2.27. The molecule has 0 saturated carbocycles. The summed E-state index contributed by atoms with van der Waals surface area (Å²) in [7, 11) is 0. The molecule has 1 heterocycles. The first-order valence-corrected chi connectivity index (χ1v) is 5.29. The molecular weight excluding hydrogens is 172 g/mol. The molecule has 0 unspecified atom stereocenters. The first-order valence-electron chi connectivity index (χ1n) is 5.29. The van der Waals surface area contributed by atoms with E-state index in [0.29, 0.717) is 11.8 Å². The highest BCUT2D eigenvalue weighted by atomic mass is 14.9. The summed E-state index contributed by atoms with van der Waals surface area (Å²) in [6.45, 7) is 9.71. The minimum Gasteiger partial charge on any atom is -0.384 e. The van der Waals surface area contributed by atoms with E-state index < -0.39 is 0 Å². The molecule has 14 heavy (non-hydrogen) atoms. The number of nitrogens with one attached hydrogen (secondary N) is 1. The van der Waals surface area contributed by atoms with Crippen molar-refractivity contribution in [2.24, 2.45) is 5.92 Å². The van der Waals surface area contributed by atoms with Gasteiger partial charge >= 0.3 is 0 Å². The van der Waals surface area contributed by atoms with Crippen molar-refractivity contribution in [3.63, 3.8) is 0 Å². The van der Waals surface area contributed by atoms with Crippen LogP contribution in [0.25, 0.3) is 0 Å². The maximum absolute atomic E-state index is 4.39. The van der Waals surface area contributed by atoms with Gasteiger partial charge in [0.15, 0.2) is 0 Å². The van der Waals surface area contributed by atoms with Crippen LogP contribution in [0.2, 0.25) is 0 Å². The summed E-state index contributed by atoms with van der Waals surface area (Å²) in [5, 5.41) is 3.35. The van der Waals surface area contributed by atoms with E-state index >= 15 is 0 Å². The van der Waals surface area contributed by atoms with Crippen molar-refractivity contribution in [3.8, 4) is 0 Å². The van der Waals surface area contributed by atoms with Crippen LogP contribution in [0.1, 0.15) is 39.3 Å². The van der Waals surface area contributed by atoms with E-state index in [1.165, 1.54) is 0 Å². The van der Waals surface area contributed by atoms with Crippen molar-refractivity contribution in [1.82, 2.24) is 4.98 Å². The van der Waals surface area contributed by atoms with Crippen LogP contribution in [0, 0.1) is 5.92 Å². The first-order chi connectivity index (χ1) is 6.59. The predicted molar refractivity (Wildman–Crippen MR) is 61.7 cm³/mol. The van der Waals surface area contributed by atoms with E-state index in [9.17, 15) is 0 Å². The molecule has 0 atom stereocenters. The number of anilines is 1. The van der Waals surface area contributed by atoms with Gasteiger partial charge in [-0.25, -0.2) is 0 Å². The molecule has 1 N–H and O–H groups in total. The Kier molecular flexibility index (Phi) is 3.93. The van der Waals surface area contributed by atoms with Crippen LogP contribution < -0.4 is 5.32 Å². The maximum atomic E-state index is 4.39. The van der Waals surface area contributed by atoms with E-state index in [4.69, 9.17) is 0 Å². The fraction of sp³-hybridized carbons (Fsp3) is 0.583. The van der Waals surface area contributed by atoms with Gasteiger partial charge in [0.25, 0.3) is 0 Å². The van der Waals surface area contributed by atoms with Gasteiger partial charge in [0, 0.05) is 12.2 Å². The summed E-state index contributed by atoms with van der Waals surface area (Å²) in [4.78, 5) is 4.39. The fourth-order valence-electron chi connectivity index (χ4n) is 1.17. The lowest BCUT2D eigenvalue weighted by Crippen LogP contribution is -2.08. The minimum atomic E-state index is 0.508. The molecule has 0 amide bonds. The summed E-state index contributed by atoms with van der Waals surface area (Å²) in [6.07, 6.45) is 1.91. The standard InChI is InChI=1S/C12H20N2/c1-9(2)7-13-11-5-6-12(10(3)4)14-8-11/h5-6,8-10,13H,7H2,1-4H3. The third kappa shape index (κ3) is 3.36. The largest absolute Gasteiger partial charge is 0.384 e. The zero-order chi connectivity index (χ0) is 10.6. The third-order valence-corrected chi connectivity index (χ3v) is 2.09. The molecule has 1 aromatic heterocycles. The maximum Gasteiger partial charge on any atom is 0.0527 e. The van der Waals surface area contributed by atoms with Gasteiger partial charge in [-0.1, -0.05) is 27.7 Å². The van der Waals surface area contributed by atoms with Crippen LogP contribution in [0.3, 0.4) is 0 Å². The molecule has 2 heteroatoms. The Bertz CT molecular complexity index is 262. The average Bonchev–Trinajstić information content (AvgIpc) is 2.15. The molecule has 0 aliphatic heterocycles. The monoisotopic (exact) mass is 192 g/mol. The average molecular weight is 192 g/mol. The molecule has 1 aromatic rings. The SMILES string of the molecule is CC(C)CNc1ccc(C(C)C)nc1. The highest BCUT2D eigenvalue weighted by Crippen LogP contribution is 2.13. The molecule has 0 bridgehead atoms. The number of pyridine rings is 1. The highest BCUT2D eigenvalue weighted by Gasteiger charge is 2.00. The van der Waals surface area contributed by atoms with Crippen LogP contribution in [0.5, 0.6) is 0 Å². The van der Waals surface area contributed by atoms with Crippen molar-refractivity contribution in [1.29, 1.82) is 0 Å². The molecule has 0 saturated heterocycles. The van der Waals surface area contributed by atoms with E-state index in [1.807, 2.05) is 6.20 Å². The third-order valence-electron chi connectivity index (χ3n) is 2.09. The molecule has 0 aliphatic rings. The van der Waals surface area contributed by atoms with Crippen molar-refractivity contribution in [3.05, 3.63) is 24.0 Å². The van der Waals surface area contributed by atoms with Crippen molar-refractivity contribution in [2.75, 3.05) is 11.9 Å². The molecule has 78 valence electrons. The molecule has 2 nitrogen and oxygen atoms in total. The quantitative estimate of drug-likeness (QED) is 0.792. The number of rotatable bonds is 4. The summed E-state index contributed by atoms with van der Waals surface area (Å²) < 4.78 is 0. The van der Waals surface area contributed by atoms with Crippen molar-refractivity contribution in [2.45, 2.75) is 33.6 Å². The number of hydrogen-bond acceptors (Lipinski definition) is 2. The Morgan fingerprint density at radius 2 is 1.93 bits per heavy atom. The Labute approximate surface area is 86.8 Å². The van der Waals surface area contributed by atoms with Gasteiger partial charge in [-0.3, -0.25) is 4.98 Å². The topological polar surface area (TPSA) is 24.9 Å². The minimum absolute atomic E-state index is 0.508. The molecule has 0 fully saturated rings. The lowest BCUT2D eigenvalue weighted by Gasteiger charge is -2.09. The fourth-order valence-corrected chi connectivity index (χ4v) is 1.17. The highest BCUT2D eigenvalue weighted by molar-refractivity contribution is 5.41. The van der Waals surface area contributed by atoms with Crippen LogP contribution >= 0.6 is 0 Å². The Balaban J connectivity index is 2.55. The van der Waals surface area contributed by atoms with Crippen LogP contribution in [-0.2, 0) is 0 Å². The zero-order valence-electron chi connectivity index (χ0n) is 9.54. The van der Waals surface area contributed by atoms with Crippen LogP contribution in [-0.4, -0.2) is 11.5 Å². The molecule has 0 aliphatic carbocycles. The number of nitrogens with zero attached hydrogens (tertiary/aromatic N) is 1. The molecule has 0 aromatic carbocycles. The zero-order valence-corrected chi connectivity index (χ0v) is 9.54. The second kappa shape index (κ2) is 4.99. The van der Waals surface area contributed by atoms with Gasteiger partial charge in [-0.15, -0.1) is 0 Å².